The molecule has 23 heavy (non-hydrogen) atoms. The lowest BCUT2D eigenvalue weighted by molar-refractivity contribution is -0.127. The Morgan fingerprint density at radius 2 is 2.22 bits per heavy atom. The first kappa shape index (κ1) is 17.8. The van der Waals surface area contributed by atoms with Crippen molar-refractivity contribution in [3.05, 3.63) is 11.7 Å². The van der Waals surface area contributed by atoms with Crippen LogP contribution in [0, 0.1) is 0 Å². The molecule has 1 atom stereocenters. The molecule has 0 bridgehead atoms. The van der Waals surface area contributed by atoms with Crippen molar-refractivity contribution >= 4 is 23.6 Å². The summed E-state index contributed by atoms with van der Waals surface area (Å²) in [6, 6.07) is -0.415. The van der Waals surface area contributed by atoms with E-state index in [9.17, 15) is 9.59 Å². The van der Waals surface area contributed by atoms with Gasteiger partial charge in [-0.15, -0.1) is 11.8 Å². The van der Waals surface area contributed by atoms with E-state index in [4.69, 9.17) is 4.52 Å². The van der Waals surface area contributed by atoms with Gasteiger partial charge in [0.05, 0.1) is 11.5 Å². The van der Waals surface area contributed by atoms with Crippen molar-refractivity contribution in [3.63, 3.8) is 0 Å². The van der Waals surface area contributed by atoms with Gasteiger partial charge in [-0.25, -0.2) is 0 Å². The quantitative estimate of drug-likeness (QED) is 0.840. The molecule has 1 aromatic rings. The van der Waals surface area contributed by atoms with Gasteiger partial charge in [-0.2, -0.15) is 4.98 Å². The molecule has 0 aliphatic carbocycles. The molecule has 1 aromatic heterocycles. The highest BCUT2D eigenvalue weighted by Gasteiger charge is 2.23. The van der Waals surface area contributed by atoms with Gasteiger partial charge in [0.2, 0.25) is 17.7 Å². The van der Waals surface area contributed by atoms with Crippen LogP contribution in [0.15, 0.2) is 4.52 Å². The molecule has 2 heterocycles. The second-order valence-electron chi connectivity index (χ2n) is 6.66. The molecule has 1 fully saturated rings. The predicted molar refractivity (Wildman–Crippen MR) is 88.0 cm³/mol. The van der Waals surface area contributed by atoms with Crippen LogP contribution >= 0.6 is 11.8 Å². The Kier molecular flexibility index (Phi) is 6.04. The van der Waals surface area contributed by atoms with Crippen LogP contribution in [0.4, 0.5) is 0 Å². The zero-order valence-electron chi connectivity index (χ0n) is 13.8. The highest BCUT2D eigenvalue weighted by atomic mass is 32.2. The average molecular weight is 340 g/mol. The molecular weight excluding hydrogens is 316 g/mol. The maximum absolute atomic E-state index is 11.9. The lowest BCUT2D eigenvalue weighted by atomic mass is 9.96. The number of nitrogens with zero attached hydrogens (tertiary/aromatic N) is 2. The molecule has 1 aliphatic heterocycles. The normalized spacial score (nSPS) is 19.1. The minimum atomic E-state index is -0.415. The van der Waals surface area contributed by atoms with Gasteiger partial charge in [-0.3, -0.25) is 9.59 Å². The van der Waals surface area contributed by atoms with E-state index < -0.39 is 6.04 Å². The SMILES string of the molecule is CC(C)(C)c1noc(CSCC(=O)NC2CCCCNC2=O)n1. The number of rotatable bonds is 5. The Balaban J connectivity index is 1.74. The molecule has 1 saturated heterocycles. The summed E-state index contributed by atoms with van der Waals surface area (Å²) < 4.78 is 5.18. The molecule has 0 saturated carbocycles. The van der Waals surface area contributed by atoms with Crippen LogP contribution in [0.1, 0.15) is 51.7 Å². The molecule has 128 valence electrons. The Morgan fingerprint density at radius 3 is 2.91 bits per heavy atom. The topological polar surface area (TPSA) is 97.1 Å². The minimum absolute atomic E-state index is 0.0902. The summed E-state index contributed by atoms with van der Waals surface area (Å²) in [7, 11) is 0. The Bertz CT molecular complexity index is 553. The standard InChI is InChI=1S/C15H24N4O3S/c1-15(2,3)14-18-12(22-19-14)9-23-8-11(20)17-10-6-4-5-7-16-13(10)21/h10H,4-9H2,1-3H3,(H,16,21)(H,17,20). The number of thioether (sulfide) groups is 1. The number of hydrogen-bond acceptors (Lipinski definition) is 6. The van der Waals surface area contributed by atoms with Crippen LogP contribution in [-0.2, 0) is 20.8 Å². The van der Waals surface area contributed by atoms with E-state index >= 15 is 0 Å². The van der Waals surface area contributed by atoms with Crippen LogP contribution in [0.3, 0.4) is 0 Å². The maximum Gasteiger partial charge on any atom is 0.242 e. The van der Waals surface area contributed by atoms with E-state index in [1.165, 1.54) is 11.8 Å². The zero-order valence-corrected chi connectivity index (χ0v) is 14.7. The summed E-state index contributed by atoms with van der Waals surface area (Å²) in [5, 5.41) is 9.54. The van der Waals surface area contributed by atoms with Crippen molar-refractivity contribution in [3.8, 4) is 0 Å². The summed E-state index contributed by atoms with van der Waals surface area (Å²) in [6.07, 6.45) is 2.59. The van der Waals surface area contributed by atoms with Gasteiger partial charge in [0, 0.05) is 12.0 Å². The number of carbonyl (C=O) groups excluding carboxylic acids is 2. The highest BCUT2D eigenvalue weighted by molar-refractivity contribution is 7.99. The van der Waals surface area contributed by atoms with E-state index in [1.54, 1.807) is 0 Å². The smallest absolute Gasteiger partial charge is 0.242 e. The van der Waals surface area contributed by atoms with E-state index in [2.05, 4.69) is 20.8 Å². The summed E-state index contributed by atoms with van der Waals surface area (Å²) in [5.74, 6) is 1.68. The van der Waals surface area contributed by atoms with Crippen LogP contribution in [0.2, 0.25) is 0 Å². The van der Waals surface area contributed by atoms with Crippen molar-refractivity contribution in [2.24, 2.45) is 0 Å². The Morgan fingerprint density at radius 1 is 1.43 bits per heavy atom. The number of nitrogens with one attached hydrogen (secondary N) is 2. The van der Waals surface area contributed by atoms with E-state index in [-0.39, 0.29) is 23.0 Å². The third-order valence-corrected chi connectivity index (χ3v) is 4.39. The fraction of sp³-hybridized carbons (Fsp3) is 0.733. The van der Waals surface area contributed by atoms with Crippen LogP contribution < -0.4 is 10.6 Å². The van der Waals surface area contributed by atoms with Gasteiger partial charge >= 0.3 is 0 Å². The average Bonchev–Trinajstić information content (AvgIpc) is 2.86. The van der Waals surface area contributed by atoms with Gasteiger partial charge in [0.1, 0.15) is 6.04 Å². The van der Waals surface area contributed by atoms with Gasteiger partial charge in [-0.05, 0) is 19.3 Å². The number of amides is 2. The molecule has 2 amide bonds. The molecule has 0 spiro atoms. The zero-order chi connectivity index (χ0) is 16.9. The van der Waals surface area contributed by atoms with Crippen LogP contribution in [0.5, 0.6) is 0 Å². The molecule has 2 N–H and O–H groups in total. The van der Waals surface area contributed by atoms with Crippen molar-refractivity contribution in [2.45, 2.75) is 57.2 Å². The lowest BCUT2D eigenvalue weighted by Crippen LogP contribution is -2.46. The number of hydrogen-bond donors (Lipinski definition) is 2. The lowest BCUT2D eigenvalue weighted by Gasteiger charge is -2.14. The van der Waals surface area contributed by atoms with E-state index in [0.717, 1.165) is 12.8 Å². The summed E-state index contributed by atoms with van der Waals surface area (Å²) in [6.45, 7) is 6.73. The second kappa shape index (κ2) is 7.81. The van der Waals surface area contributed by atoms with Gasteiger partial charge in [-0.1, -0.05) is 25.9 Å². The largest absolute Gasteiger partial charge is 0.354 e. The molecule has 0 radical (unpaired) electrons. The maximum atomic E-state index is 11.9. The van der Waals surface area contributed by atoms with Crippen molar-refractivity contribution in [1.29, 1.82) is 0 Å². The summed E-state index contributed by atoms with van der Waals surface area (Å²) in [4.78, 5) is 28.0. The molecular formula is C15H24N4O3S. The second-order valence-corrected chi connectivity index (χ2v) is 7.65. The minimum Gasteiger partial charge on any atom is -0.354 e. The predicted octanol–water partition coefficient (Wildman–Crippen LogP) is 1.39. The Hall–Kier alpha value is -1.57. The molecule has 0 aromatic carbocycles. The molecule has 7 nitrogen and oxygen atoms in total. The fourth-order valence-electron chi connectivity index (χ4n) is 2.16. The van der Waals surface area contributed by atoms with Crippen LogP contribution in [0.25, 0.3) is 0 Å². The van der Waals surface area contributed by atoms with Gasteiger partial charge < -0.3 is 15.2 Å². The molecule has 8 heteroatoms. The highest BCUT2D eigenvalue weighted by Crippen LogP contribution is 2.20. The van der Waals surface area contributed by atoms with E-state index in [1.807, 2.05) is 20.8 Å². The van der Waals surface area contributed by atoms with Gasteiger partial charge in [0.25, 0.3) is 0 Å². The third-order valence-electron chi connectivity index (χ3n) is 3.47. The number of carbonyl (C=O) groups is 2. The van der Waals surface area contributed by atoms with Crippen molar-refractivity contribution < 1.29 is 14.1 Å². The van der Waals surface area contributed by atoms with E-state index in [0.29, 0.717) is 30.4 Å². The number of aromatic nitrogens is 2. The fourth-order valence-corrected chi connectivity index (χ4v) is 2.82. The van der Waals surface area contributed by atoms with Crippen molar-refractivity contribution in [2.75, 3.05) is 12.3 Å². The van der Waals surface area contributed by atoms with Crippen LogP contribution in [-0.4, -0.2) is 40.3 Å². The first-order chi connectivity index (χ1) is 10.9. The Labute approximate surface area is 140 Å². The molecule has 2 rings (SSSR count). The monoisotopic (exact) mass is 340 g/mol. The first-order valence-electron chi connectivity index (χ1n) is 7.84. The summed E-state index contributed by atoms with van der Waals surface area (Å²) >= 11 is 1.39. The van der Waals surface area contributed by atoms with Gasteiger partial charge in [0.15, 0.2) is 5.82 Å². The first-order valence-corrected chi connectivity index (χ1v) is 8.99. The van der Waals surface area contributed by atoms with Crippen molar-refractivity contribution in [1.82, 2.24) is 20.8 Å². The molecule has 1 aliphatic rings. The molecule has 1 unspecified atom stereocenters. The summed E-state index contributed by atoms with van der Waals surface area (Å²) in [5.41, 5.74) is -0.156. The third kappa shape index (κ3) is 5.53.